The molecule has 0 radical (unpaired) electrons. The summed E-state index contributed by atoms with van der Waals surface area (Å²) in [5.74, 6) is -0.0961. The molecule has 0 saturated heterocycles. The van der Waals surface area contributed by atoms with Gasteiger partial charge < -0.3 is 10.4 Å². The molecule has 21 heavy (non-hydrogen) atoms. The van der Waals surface area contributed by atoms with E-state index in [1.165, 1.54) is 23.3 Å². The molecule has 1 atom stereocenters. The van der Waals surface area contributed by atoms with Gasteiger partial charge in [-0.15, -0.1) is 0 Å². The van der Waals surface area contributed by atoms with Crippen LogP contribution < -0.4 is 5.32 Å². The number of nitrogens with zero attached hydrogens (tertiary/aromatic N) is 1. The molecule has 0 heterocycles. The summed E-state index contributed by atoms with van der Waals surface area (Å²) in [4.78, 5) is 10.6. The molecule has 2 aromatic rings. The summed E-state index contributed by atoms with van der Waals surface area (Å²) in [5.41, 5.74) is 3.02. The lowest BCUT2D eigenvalue weighted by molar-refractivity contribution is -0.384. The highest BCUT2D eigenvalue weighted by atomic mass is 16.6. The van der Waals surface area contributed by atoms with Crippen molar-refractivity contribution in [2.24, 2.45) is 0 Å². The molecular formula is C16H16N2O3. The molecule has 0 saturated carbocycles. The Labute approximate surface area is 122 Å². The molecule has 5 heteroatoms. The Morgan fingerprint density at radius 3 is 2.71 bits per heavy atom. The summed E-state index contributed by atoms with van der Waals surface area (Å²) in [7, 11) is 0. The molecule has 1 unspecified atom stereocenters. The highest BCUT2D eigenvalue weighted by molar-refractivity contribution is 5.64. The van der Waals surface area contributed by atoms with E-state index in [-0.39, 0.29) is 17.5 Å². The number of nitro groups is 1. The van der Waals surface area contributed by atoms with E-state index in [0.717, 1.165) is 19.3 Å². The van der Waals surface area contributed by atoms with Gasteiger partial charge in [0.25, 0.3) is 5.69 Å². The van der Waals surface area contributed by atoms with Crippen LogP contribution in [0.3, 0.4) is 0 Å². The van der Waals surface area contributed by atoms with Crippen molar-refractivity contribution in [2.75, 3.05) is 5.32 Å². The predicted octanol–water partition coefficient (Wildman–Crippen LogP) is 3.27. The highest BCUT2D eigenvalue weighted by Crippen LogP contribution is 2.31. The van der Waals surface area contributed by atoms with Crippen LogP contribution in [0.25, 0.3) is 0 Å². The normalized spacial score (nSPS) is 17.0. The minimum absolute atomic E-state index is 0.0890. The first-order valence-electron chi connectivity index (χ1n) is 6.94. The van der Waals surface area contributed by atoms with Crippen LogP contribution in [0.4, 0.5) is 11.4 Å². The van der Waals surface area contributed by atoms with Gasteiger partial charge in [0.1, 0.15) is 11.4 Å². The molecule has 0 bridgehead atoms. The SMILES string of the molecule is O=[N+]([O-])c1cc(O)ccc1NC1CCc2ccccc2C1. The summed E-state index contributed by atoms with van der Waals surface area (Å²) in [6.07, 6.45) is 2.77. The number of nitro benzene ring substituents is 1. The Morgan fingerprint density at radius 2 is 1.95 bits per heavy atom. The summed E-state index contributed by atoms with van der Waals surface area (Å²) < 4.78 is 0. The van der Waals surface area contributed by atoms with Gasteiger partial charge in [0.2, 0.25) is 0 Å². The first-order valence-corrected chi connectivity index (χ1v) is 6.94. The molecule has 2 N–H and O–H groups in total. The smallest absolute Gasteiger partial charge is 0.296 e. The second-order valence-corrected chi connectivity index (χ2v) is 5.31. The van der Waals surface area contributed by atoms with Crippen molar-refractivity contribution < 1.29 is 10.0 Å². The fourth-order valence-corrected chi connectivity index (χ4v) is 2.83. The van der Waals surface area contributed by atoms with Crippen molar-refractivity contribution in [1.29, 1.82) is 0 Å². The molecule has 0 spiro atoms. The molecule has 1 aliphatic rings. The molecule has 1 aliphatic carbocycles. The Morgan fingerprint density at radius 1 is 1.19 bits per heavy atom. The van der Waals surface area contributed by atoms with Crippen molar-refractivity contribution in [2.45, 2.75) is 25.3 Å². The van der Waals surface area contributed by atoms with E-state index >= 15 is 0 Å². The van der Waals surface area contributed by atoms with Crippen molar-refractivity contribution in [3.05, 3.63) is 63.7 Å². The number of fused-ring (bicyclic) bond motifs is 1. The topological polar surface area (TPSA) is 75.4 Å². The van der Waals surface area contributed by atoms with Crippen molar-refractivity contribution in [1.82, 2.24) is 0 Å². The maximum atomic E-state index is 11.1. The maximum Gasteiger partial charge on any atom is 0.296 e. The molecule has 108 valence electrons. The van der Waals surface area contributed by atoms with Crippen LogP contribution in [0.1, 0.15) is 17.5 Å². The van der Waals surface area contributed by atoms with E-state index in [1.54, 1.807) is 6.07 Å². The Hall–Kier alpha value is -2.56. The molecule has 0 aliphatic heterocycles. The summed E-state index contributed by atoms with van der Waals surface area (Å²) in [5, 5.41) is 23.7. The molecule has 2 aromatic carbocycles. The summed E-state index contributed by atoms with van der Waals surface area (Å²) >= 11 is 0. The van der Waals surface area contributed by atoms with E-state index in [1.807, 2.05) is 12.1 Å². The third-order valence-electron chi connectivity index (χ3n) is 3.88. The van der Waals surface area contributed by atoms with Crippen molar-refractivity contribution in [3.63, 3.8) is 0 Å². The van der Waals surface area contributed by atoms with Gasteiger partial charge >= 0.3 is 0 Å². The number of hydrogen-bond acceptors (Lipinski definition) is 4. The second kappa shape index (κ2) is 5.44. The van der Waals surface area contributed by atoms with E-state index in [9.17, 15) is 15.2 Å². The Kier molecular flexibility index (Phi) is 3.48. The van der Waals surface area contributed by atoms with Crippen LogP contribution in [0.15, 0.2) is 42.5 Å². The lowest BCUT2D eigenvalue weighted by atomic mass is 9.88. The van der Waals surface area contributed by atoms with Gasteiger partial charge in [-0.1, -0.05) is 24.3 Å². The fourth-order valence-electron chi connectivity index (χ4n) is 2.83. The standard InChI is InChI=1S/C16H16N2O3/c19-14-7-8-15(16(10-14)18(20)21)17-13-6-5-11-3-1-2-4-12(11)9-13/h1-4,7-8,10,13,17,19H,5-6,9H2. The molecular weight excluding hydrogens is 268 g/mol. The fraction of sp³-hybridized carbons (Fsp3) is 0.250. The van der Waals surface area contributed by atoms with Gasteiger partial charge in [-0.3, -0.25) is 10.1 Å². The van der Waals surface area contributed by atoms with Crippen LogP contribution >= 0.6 is 0 Å². The number of aromatic hydroxyl groups is 1. The first kappa shape index (κ1) is 13.4. The molecule has 3 rings (SSSR count). The minimum atomic E-state index is -0.473. The van der Waals surface area contributed by atoms with Crippen LogP contribution in [0.5, 0.6) is 5.75 Å². The third-order valence-corrected chi connectivity index (χ3v) is 3.88. The van der Waals surface area contributed by atoms with Gasteiger partial charge in [-0.25, -0.2) is 0 Å². The number of nitrogens with one attached hydrogen (secondary N) is 1. The lowest BCUT2D eigenvalue weighted by Gasteiger charge is -2.26. The Balaban J connectivity index is 1.81. The monoisotopic (exact) mass is 284 g/mol. The second-order valence-electron chi connectivity index (χ2n) is 5.31. The van der Waals surface area contributed by atoms with E-state index in [0.29, 0.717) is 5.69 Å². The number of anilines is 1. The summed E-state index contributed by atoms with van der Waals surface area (Å²) in [6, 6.07) is 12.7. The van der Waals surface area contributed by atoms with E-state index in [2.05, 4.69) is 17.4 Å². The van der Waals surface area contributed by atoms with Crippen LogP contribution in [-0.2, 0) is 12.8 Å². The van der Waals surface area contributed by atoms with Crippen molar-refractivity contribution >= 4 is 11.4 Å². The van der Waals surface area contributed by atoms with E-state index < -0.39 is 4.92 Å². The molecule has 0 fully saturated rings. The van der Waals surface area contributed by atoms with Gasteiger partial charge in [0, 0.05) is 6.04 Å². The number of phenolic OH excluding ortho intramolecular Hbond substituents is 1. The van der Waals surface area contributed by atoms with Gasteiger partial charge in [-0.05, 0) is 42.5 Å². The van der Waals surface area contributed by atoms with Crippen LogP contribution in [0.2, 0.25) is 0 Å². The van der Waals surface area contributed by atoms with Crippen molar-refractivity contribution in [3.8, 4) is 5.75 Å². The third kappa shape index (κ3) is 2.81. The maximum absolute atomic E-state index is 11.1. The molecule has 5 nitrogen and oxygen atoms in total. The molecule has 0 amide bonds. The van der Waals surface area contributed by atoms with Gasteiger partial charge in [0.05, 0.1) is 11.0 Å². The summed E-state index contributed by atoms with van der Waals surface area (Å²) in [6.45, 7) is 0. The quantitative estimate of drug-likeness (QED) is 0.515. The largest absolute Gasteiger partial charge is 0.508 e. The van der Waals surface area contributed by atoms with Gasteiger partial charge in [-0.2, -0.15) is 0 Å². The lowest BCUT2D eigenvalue weighted by Crippen LogP contribution is -2.27. The van der Waals surface area contributed by atoms with Crippen LogP contribution in [0, 0.1) is 10.1 Å². The van der Waals surface area contributed by atoms with Crippen LogP contribution in [-0.4, -0.2) is 16.1 Å². The average molecular weight is 284 g/mol. The number of phenols is 1. The molecule has 0 aromatic heterocycles. The minimum Gasteiger partial charge on any atom is -0.508 e. The number of benzene rings is 2. The van der Waals surface area contributed by atoms with E-state index in [4.69, 9.17) is 0 Å². The number of aryl methyl sites for hydroxylation is 1. The highest BCUT2D eigenvalue weighted by Gasteiger charge is 2.21. The first-order chi connectivity index (χ1) is 10.1. The zero-order valence-electron chi connectivity index (χ0n) is 11.5. The predicted molar refractivity (Wildman–Crippen MR) is 80.6 cm³/mol. The zero-order chi connectivity index (χ0) is 14.8. The van der Waals surface area contributed by atoms with Gasteiger partial charge in [0.15, 0.2) is 0 Å². The number of rotatable bonds is 3. The Bertz CT molecular complexity index is 685. The average Bonchev–Trinajstić information content (AvgIpc) is 2.49. The zero-order valence-corrected chi connectivity index (χ0v) is 11.5. The number of hydrogen-bond donors (Lipinski definition) is 2.